The molecule has 152 valence electrons. The van der Waals surface area contributed by atoms with Crippen LogP contribution >= 0.6 is 0 Å². The molecular weight excluding hydrogens is 386 g/mol. The Kier molecular flexibility index (Phi) is 4.83. The average molecular weight is 405 g/mol. The predicted octanol–water partition coefficient (Wildman–Crippen LogP) is 3.07. The third kappa shape index (κ3) is 3.32. The van der Waals surface area contributed by atoms with Gasteiger partial charge < -0.3 is 14.5 Å². The van der Waals surface area contributed by atoms with Gasteiger partial charge in [0, 0.05) is 11.6 Å². The lowest BCUT2D eigenvalue weighted by atomic mass is 10.1. The van der Waals surface area contributed by atoms with Gasteiger partial charge in [-0.05, 0) is 44.5 Å². The van der Waals surface area contributed by atoms with Gasteiger partial charge in [0.25, 0.3) is 11.5 Å². The minimum atomic E-state index is -0.825. The number of para-hydroxylation sites is 1. The SMILES string of the molecule is CCOc1cccc2cc(C(=O)Nc3c(C)nc4ccc(C)cn4c3=O)c(=O)oc12. The zero-order valence-electron chi connectivity index (χ0n) is 16.7. The summed E-state index contributed by atoms with van der Waals surface area (Å²) in [5.41, 5.74) is 0.478. The summed E-state index contributed by atoms with van der Waals surface area (Å²) < 4.78 is 12.2. The van der Waals surface area contributed by atoms with E-state index in [9.17, 15) is 14.4 Å². The maximum atomic E-state index is 12.9. The molecule has 1 aromatic carbocycles. The largest absolute Gasteiger partial charge is 0.490 e. The Morgan fingerprint density at radius 3 is 2.77 bits per heavy atom. The van der Waals surface area contributed by atoms with Gasteiger partial charge >= 0.3 is 5.63 Å². The summed E-state index contributed by atoms with van der Waals surface area (Å²) >= 11 is 0. The zero-order chi connectivity index (χ0) is 21.4. The van der Waals surface area contributed by atoms with Crippen LogP contribution in [0.1, 0.15) is 28.5 Å². The third-order valence-electron chi connectivity index (χ3n) is 4.66. The molecule has 4 aromatic rings. The summed E-state index contributed by atoms with van der Waals surface area (Å²) in [6.07, 6.45) is 1.64. The van der Waals surface area contributed by atoms with Crippen LogP contribution < -0.4 is 21.2 Å². The highest BCUT2D eigenvalue weighted by molar-refractivity contribution is 6.05. The number of benzene rings is 1. The van der Waals surface area contributed by atoms with Crippen molar-refractivity contribution in [2.45, 2.75) is 20.8 Å². The standard InChI is InChI=1S/C22H19N3O5/c1-4-29-16-7-5-6-14-10-15(22(28)30-19(14)16)20(26)24-18-13(3)23-17-9-8-12(2)11-25(17)21(18)27/h5-11H,4H2,1-3H3,(H,24,26). The molecule has 0 aliphatic carbocycles. The lowest BCUT2D eigenvalue weighted by Crippen LogP contribution is -2.27. The van der Waals surface area contributed by atoms with E-state index in [0.717, 1.165) is 5.56 Å². The maximum absolute atomic E-state index is 12.9. The monoisotopic (exact) mass is 405 g/mol. The fourth-order valence-electron chi connectivity index (χ4n) is 3.23. The summed E-state index contributed by atoms with van der Waals surface area (Å²) in [5.74, 6) is -0.329. The van der Waals surface area contributed by atoms with E-state index in [2.05, 4.69) is 10.3 Å². The maximum Gasteiger partial charge on any atom is 0.349 e. The number of aromatic nitrogens is 2. The van der Waals surface area contributed by atoms with Gasteiger partial charge in [0.2, 0.25) is 0 Å². The van der Waals surface area contributed by atoms with E-state index in [1.165, 1.54) is 10.5 Å². The first kappa shape index (κ1) is 19.4. The van der Waals surface area contributed by atoms with Crippen LogP contribution in [0.25, 0.3) is 16.6 Å². The molecular formula is C22H19N3O5. The van der Waals surface area contributed by atoms with Crippen molar-refractivity contribution in [2.75, 3.05) is 11.9 Å². The highest BCUT2D eigenvalue weighted by Gasteiger charge is 2.19. The van der Waals surface area contributed by atoms with Crippen molar-refractivity contribution in [2.24, 2.45) is 0 Å². The van der Waals surface area contributed by atoms with Gasteiger partial charge in [-0.1, -0.05) is 18.2 Å². The minimum Gasteiger partial charge on any atom is -0.490 e. The number of amides is 1. The number of hydrogen-bond donors (Lipinski definition) is 1. The number of anilines is 1. The first-order valence-electron chi connectivity index (χ1n) is 9.39. The molecule has 1 amide bonds. The molecule has 0 bridgehead atoms. The second-order valence-corrected chi connectivity index (χ2v) is 6.82. The number of pyridine rings is 1. The summed E-state index contributed by atoms with van der Waals surface area (Å²) in [4.78, 5) is 42.5. The molecule has 0 aliphatic rings. The Bertz CT molecular complexity index is 1420. The predicted molar refractivity (Wildman–Crippen MR) is 113 cm³/mol. The highest BCUT2D eigenvalue weighted by atomic mass is 16.5. The molecule has 0 atom stereocenters. The molecule has 0 saturated carbocycles. The van der Waals surface area contributed by atoms with Crippen LogP contribution in [-0.2, 0) is 0 Å². The van der Waals surface area contributed by atoms with Gasteiger partial charge in [-0.25, -0.2) is 9.78 Å². The normalized spacial score (nSPS) is 11.0. The van der Waals surface area contributed by atoms with Crippen molar-refractivity contribution in [3.8, 4) is 5.75 Å². The number of ether oxygens (including phenoxy) is 1. The Hall–Kier alpha value is -3.94. The molecule has 1 N–H and O–H groups in total. The van der Waals surface area contributed by atoms with E-state index in [-0.39, 0.29) is 16.8 Å². The van der Waals surface area contributed by atoms with Crippen LogP contribution in [0.2, 0.25) is 0 Å². The molecule has 3 heterocycles. The lowest BCUT2D eigenvalue weighted by Gasteiger charge is -2.10. The quantitative estimate of drug-likeness (QED) is 0.524. The average Bonchev–Trinajstić information content (AvgIpc) is 2.72. The van der Waals surface area contributed by atoms with Gasteiger partial charge in [0.1, 0.15) is 16.9 Å². The van der Waals surface area contributed by atoms with E-state index in [1.807, 2.05) is 19.9 Å². The molecule has 0 radical (unpaired) electrons. The summed E-state index contributed by atoms with van der Waals surface area (Å²) in [7, 11) is 0. The molecule has 30 heavy (non-hydrogen) atoms. The number of aryl methyl sites for hydroxylation is 2. The zero-order valence-corrected chi connectivity index (χ0v) is 16.7. The summed E-state index contributed by atoms with van der Waals surface area (Å²) in [6, 6.07) is 10.1. The minimum absolute atomic E-state index is 0.00524. The number of nitrogens with one attached hydrogen (secondary N) is 1. The molecule has 8 nitrogen and oxygen atoms in total. The van der Waals surface area contributed by atoms with Gasteiger partial charge in [-0.3, -0.25) is 14.0 Å². The fourth-order valence-corrected chi connectivity index (χ4v) is 3.23. The van der Waals surface area contributed by atoms with Crippen LogP contribution in [0.5, 0.6) is 5.75 Å². The smallest absolute Gasteiger partial charge is 0.349 e. The molecule has 0 aliphatic heterocycles. The lowest BCUT2D eigenvalue weighted by molar-refractivity contribution is 0.102. The van der Waals surface area contributed by atoms with Crippen LogP contribution in [0.4, 0.5) is 5.69 Å². The first-order valence-corrected chi connectivity index (χ1v) is 9.39. The van der Waals surface area contributed by atoms with Crippen LogP contribution in [0, 0.1) is 13.8 Å². The van der Waals surface area contributed by atoms with Gasteiger partial charge in [0.05, 0.1) is 12.3 Å². The number of nitrogens with zero attached hydrogens (tertiary/aromatic N) is 2. The van der Waals surface area contributed by atoms with Gasteiger partial charge in [0.15, 0.2) is 11.3 Å². The van der Waals surface area contributed by atoms with E-state index < -0.39 is 17.1 Å². The van der Waals surface area contributed by atoms with Crippen LogP contribution in [0.3, 0.4) is 0 Å². The second kappa shape index (κ2) is 7.47. The number of hydrogen-bond acceptors (Lipinski definition) is 6. The molecule has 0 spiro atoms. The van der Waals surface area contributed by atoms with E-state index >= 15 is 0 Å². The molecule has 0 fully saturated rings. The van der Waals surface area contributed by atoms with Crippen molar-refractivity contribution in [3.63, 3.8) is 0 Å². The molecule has 0 unspecified atom stereocenters. The Morgan fingerprint density at radius 1 is 1.20 bits per heavy atom. The Morgan fingerprint density at radius 2 is 2.00 bits per heavy atom. The van der Waals surface area contributed by atoms with Crippen LogP contribution in [0.15, 0.2) is 56.6 Å². The van der Waals surface area contributed by atoms with Crippen molar-refractivity contribution >= 4 is 28.2 Å². The van der Waals surface area contributed by atoms with Crippen molar-refractivity contribution in [3.05, 3.63) is 80.2 Å². The summed E-state index contributed by atoms with van der Waals surface area (Å²) in [5, 5.41) is 3.06. The van der Waals surface area contributed by atoms with Crippen molar-refractivity contribution in [1.82, 2.24) is 9.38 Å². The van der Waals surface area contributed by atoms with E-state index in [4.69, 9.17) is 9.15 Å². The first-order chi connectivity index (χ1) is 14.4. The van der Waals surface area contributed by atoms with Crippen molar-refractivity contribution in [1.29, 1.82) is 0 Å². The number of rotatable bonds is 4. The topological polar surface area (TPSA) is 103 Å². The third-order valence-corrected chi connectivity index (χ3v) is 4.66. The highest BCUT2D eigenvalue weighted by Crippen LogP contribution is 2.25. The van der Waals surface area contributed by atoms with Gasteiger partial charge in [-0.15, -0.1) is 0 Å². The molecule has 8 heteroatoms. The second-order valence-electron chi connectivity index (χ2n) is 6.82. The van der Waals surface area contributed by atoms with E-state index in [0.29, 0.717) is 29.1 Å². The number of carbonyl (C=O) groups excluding carboxylic acids is 1. The number of carbonyl (C=O) groups is 1. The Balaban J connectivity index is 1.78. The number of fused-ring (bicyclic) bond motifs is 2. The molecule has 0 saturated heterocycles. The molecule has 4 rings (SSSR count). The summed E-state index contributed by atoms with van der Waals surface area (Å²) in [6.45, 7) is 5.69. The molecule has 3 aromatic heterocycles. The van der Waals surface area contributed by atoms with Crippen LogP contribution in [-0.4, -0.2) is 21.9 Å². The van der Waals surface area contributed by atoms with Crippen molar-refractivity contribution < 1.29 is 13.9 Å². The Labute approximate surface area is 170 Å². The van der Waals surface area contributed by atoms with E-state index in [1.54, 1.807) is 37.4 Å². The fraction of sp³-hybridized carbons (Fsp3) is 0.182. The van der Waals surface area contributed by atoms with Gasteiger partial charge in [-0.2, -0.15) is 0 Å².